The van der Waals surface area contributed by atoms with E-state index in [4.69, 9.17) is 0 Å². The smallest absolute Gasteiger partial charge is 0.227 e. The van der Waals surface area contributed by atoms with Gasteiger partial charge in [0.2, 0.25) is 5.91 Å². The molecule has 1 amide bonds. The molecule has 3 rings (SSSR count). The van der Waals surface area contributed by atoms with Crippen molar-refractivity contribution in [2.75, 3.05) is 13.1 Å². The van der Waals surface area contributed by atoms with Gasteiger partial charge in [-0.3, -0.25) is 4.79 Å². The standard InChI is InChI=1S/C21H23F2NO2/c22-18-10-9-16(19(23)13-18)8-7-15-4-3-11-24(14-15)21(26)12-17-5-1-2-6-20(17)25/h1-2,5-6,9-10,13,15,25H,3-4,7-8,11-12,14H2. The Morgan fingerprint density at radius 2 is 1.96 bits per heavy atom. The highest BCUT2D eigenvalue weighted by Gasteiger charge is 2.24. The third-order valence-corrected chi connectivity index (χ3v) is 5.04. The van der Waals surface area contributed by atoms with Crippen LogP contribution in [0.2, 0.25) is 0 Å². The minimum atomic E-state index is -0.565. The van der Waals surface area contributed by atoms with Crippen molar-refractivity contribution in [3.8, 4) is 5.75 Å². The summed E-state index contributed by atoms with van der Waals surface area (Å²) in [6.07, 6.45) is 3.42. The van der Waals surface area contributed by atoms with Gasteiger partial charge >= 0.3 is 0 Å². The van der Waals surface area contributed by atoms with Gasteiger partial charge < -0.3 is 10.0 Å². The summed E-state index contributed by atoms with van der Waals surface area (Å²) >= 11 is 0. The number of halogens is 2. The molecule has 1 heterocycles. The van der Waals surface area contributed by atoms with Crippen LogP contribution in [-0.2, 0) is 17.6 Å². The first-order valence-electron chi connectivity index (χ1n) is 9.01. The number of nitrogens with zero attached hydrogens (tertiary/aromatic N) is 1. The molecule has 1 fully saturated rings. The highest BCUT2D eigenvalue weighted by Crippen LogP contribution is 2.24. The lowest BCUT2D eigenvalue weighted by molar-refractivity contribution is -0.132. The lowest BCUT2D eigenvalue weighted by Gasteiger charge is -2.33. The van der Waals surface area contributed by atoms with Gasteiger partial charge in [0.15, 0.2) is 0 Å². The Bertz CT molecular complexity index is 778. The Morgan fingerprint density at radius 1 is 1.15 bits per heavy atom. The molecule has 0 radical (unpaired) electrons. The van der Waals surface area contributed by atoms with E-state index in [1.54, 1.807) is 24.3 Å². The number of hydrogen-bond donors (Lipinski definition) is 1. The van der Waals surface area contributed by atoms with Crippen molar-refractivity contribution in [2.45, 2.75) is 32.1 Å². The van der Waals surface area contributed by atoms with Crippen LogP contribution >= 0.6 is 0 Å². The number of rotatable bonds is 5. The topological polar surface area (TPSA) is 40.5 Å². The Balaban J connectivity index is 1.55. The fourth-order valence-electron chi connectivity index (χ4n) is 3.55. The number of piperidine rings is 1. The summed E-state index contributed by atoms with van der Waals surface area (Å²) in [7, 11) is 0. The van der Waals surface area contributed by atoms with E-state index in [0.717, 1.165) is 25.3 Å². The summed E-state index contributed by atoms with van der Waals surface area (Å²) in [6, 6.07) is 10.6. The number of phenolic OH excluding ortho intramolecular Hbond substituents is 1. The lowest BCUT2D eigenvalue weighted by Crippen LogP contribution is -2.40. The molecule has 2 aromatic carbocycles. The van der Waals surface area contributed by atoms with Gasteiger partial charge in [-0.2, -0.15) is 0 Å². The molecule has 1 aliphatic rings. The summed E-state index contributed by atoms with van der Waals surface area (Å²) in [5.41, 5.74) is 1.15. The third kappa shape index (κ3) is 4.59. The van der Waals surface area contributed by atoms with Crippen molar-refractivity contribution in [2.24, 2.45) is 5.92 Å². The van der Waals surface area contributed by atoms with Gasteiger partial charge in [0.1, 0.15) is 17.4 Å². The number of aromatic hydroxyl groups is 1. The number of carbonyl (C=O) groups excluding carboxylic acids is 1. The van der Waals surface area contributed by atoms with Gasteiger partial charge in [-0.05, 0) is 49.3 Å². The van der Waals surface area contributed by atoms with Crippen LogP contribution in [0.3, 0.4) is 0 Å². The molecule has 5 heteroatoms. The number of amides is 1. The fraction of sp³-hybridized carbons (Fsp3) is 0.381. The number of carbonyl (C=O) groups is 1. The van der Waals surface area contributed by atoms with Gasteiger partial charge in [-0.15, -0.1) is 0 Å². The number of para-hydroxylation sites is 1. The van der Waals surface area contributed by atoms with Crippen LogP contribution in [0, 0.1) is 17.6 Å². The van der Waals surface area contributed by atoms with Crippen molar-refractivity contribution < 1.29 is 18.7 Å². The molecule has 0 saturated carbocycles. The molecule has 1 saturated heterocycles. The van der Waals surface area contributed by atoms with E-state index >= 15 is 0 Å². The average Bonchev–Trinajstić information content (AvgIpc) is 2.63. The normalized spacial score (nSPS) is 17.3. The third-order valence-electron chi connectivity index (χ3n) is 5.04. The zero-order valence-corrected chi connectivity index (χ0v) is 14.6. The first kappa shape index (κ1) is 18.4. The average molecular weight is 359 g/mol. The quantitative estimate of drug-likeness (QED) is 0.874. The molecule has 1 N–H and O–H groups in total. The number of hydrogen-bond acceptors (Lipinski definition) is 2. The van der Waals surface area contributed by atoms with Crippen LogP contribution in [0.1, 0.15) is 30.4 Å². The number of phenols is 1. The predicted molar refractivity (Wildman–Crippen MR) is 95.8 cm³/mol. The first-order chi connectivity index (χ1) is 12.5. The summed E-state index contributed by atoms with van der Waals surface area (Å²) in [4.78, 5) is 14.4. The zero-order chi connectivity index (χ0) is 18.5. The van der Waals surface area contributed by atoms with Gasteiger partial charge in [0.25, 0.3) is 0 Å². The molecule has 0 bridgehead atoms. The van der Waals surface area contributed by atoms with Gasteiger partial charge in [-0.25, -0.2) is 8.78 Å². The Labute approximate surface area is 152 Å². The van der Waals surface area contributed by atoms with E-state index < -0.39 is 11.6 Å². The minimum absolute atomic E-state index is 0.00385. The number of likely N-dealkylation sites (tertiary alicyclic amines) is 1. The molecule has 3 nitrogen and oxygen atoms in total. The Hall–Kier alpha value is -2.43. The summed E-state index contributed by atoms with van der Waals surface area (Å²) in [5.74, 6) is -0.620. The second kappa shape index (κ2) is 8.30. The number of aryl methyl sites for hydroxylation is 1. The van der Waals surface area contributed by atoms with E-state index in [9.17, 15) is 18.7 Å². The van der Waals surface area contributed by atoms with E-state index in [1.807, 2.05) is 4.90 Å². The maximum absolute atomic E-state index is 13.8. The van der Waals surface area contributed by atoms with Crippen LogP contribution in [0.4, 0.5) is 8.78 Å². The van der Waals surface area contributed by atoms with Crippen LogP contribution in [-0.4, -0.2) is 29.0 Å². The molecule has 0 spiro atoms. The van der Waals surface area contributed by atoms with Gasteiger partial charge in [0.05, 0.1) is 6.42 Å². The van der Waals surface area contributed by atoms with Gasteiger partial charge in [-0.1, -0.05) is 24.3 Å². The van der Waals surface area contributed by atoms with E-state index in [-0.39, 0.29) is 18.1 Å². The van der Waals surface area contributed by atoms with Crippen LogP contribution in [0.25, 0.3) is 0 Å². The molecule has 0 aliphatic carbocycles. The second-order valence-corrected chi connectivity index (χ2v) is 6.93. The van der Waals surface area contributed by atoms with Crippen LogP contribution < -0.4 is 0 Å². The first-order valence-corrected chi connectivity index (χ1v) is 9.01. The molecule has 1 atom stereocenters. The molecule has 138 valence electrons. The molecular weight excluding hydrogens is 336 g/mol. The predicted octanol–water partition coefficient (Wildman–Crippen LogP) is 4.08. The highest BCUT2D eigenvalue weighted by atomic mass is 19.1. The monoisotopic (exact) mass is 359 g/mol. The van der Waals surface area contributed by atoms with Crippen molar-refractivity contribution in [3.63, 3.8) is 0 Å². The largest absolute Gasteiger partial charge is 0.508 e. The van der Waals surface area contributed by atoms with Crippen molar-refractivity contribution in [1.29, 1.82) is 0 Å². The van der Waals surface area contributed by atoms with Crippen LogP contribution in [0.5, 0.6) is 5.75 Å². The zero-order valence-electron chi connectivity index (χ0n) is 14.6. The van der Waals surface area contributed by atoms with Gasteiger partial charge in [0, 0.05) is 24.7 Å². The van der Waals surface area contributed by atoms with Crippen molar-refractivity contribution in [3.05, 3.63) is 65.2 Å². The molecule has 26 heavy (non-hydrogen) atoms. The lowest BCUT2D eigenvalue weighted by atomic mass is 9.91. The van der Waals surface area contributed by atoms with E-state index in [0.29, 0.717) is 36.6 Å². The Kier molecular flexibility index (Phi) is 5.86. The molecule has 1 unspecified atom stereocenters. The molecule has 2 aromatic rings. The SMILES string of the molecule is O=C(Cc1ccccc1O)N1CCCC(CCc2ccc(F)cc2F)C1. The molecular formula is C21H23F2NO2. The molecule has 0 aromatic heterocycles. The number of benzene rings is 2. The Morgan fingerprint density at radius 3 is 2.73 bits per heavy atom. The summed E-state index contributed by atoms with van der Waals surface area (Å²) in [6.45, 7) is 1.36. The van der Waals surface area contributed by atoms with E-state index in [2.05, 4.69) is 0 Å². The maximum atomic E-state index is 13.8. The van der Waals surface area contributed by atoms with Crippen molar-refractivity contribution >= 4 is 5.91 Å². The maximum Gasteiger partial charge on any atom is 0.227 e. The minimum Gasteiger partial charge on any atom is -0.508 e. The van der Waals surface area contributed by atoms with E-state index in [1.165, 1.54) is 12.1 Å². The van der Waals surface area contributed by atoms with Crippen LogP contribution in [0.15, 0.2) is 42.5 Å². The highest BCUT2D eigenvalue weighted by molar-refractivity contribution is 5.79. The fourth-order valence-corrected chi connectivity index (χ4v) is 3.55. The van der Waals surface area contributed by atoms with Crippen molar-refractivity contribution in [1.82, 2.24) is 4.90 Å². The summed E-state index contributed by atoms with van der Waals surface area (Å²) < 4.78 is 26.7. The molecule has 1 aliphatic heterocycles. The second-order valence-electron chi connectivity index (χ2n) is 6.93. The summed E-state index contributed by atoms with van der Waals surface area (Å²) in [5, 5.41) is 9.83.